The van der Waals surface area contributed by atoms with E-state index < -0.39 is 0 Å². The molecule has 1 aromatic carbocycles. The van der Waals surface area contributed by atoms with Crippen molar-refractivity contribution < 1.29 is 14.3 Å². The van der Waals surface area contributed by atoms with E-state index in [1.165, 1.54) is 6.92 Å². The standard InChI is InChI=1S/C13H13N3O3/c1-8-13(9(2)17)14-15-16(8)6-10-3-4-11-12(5-10)19-7-18-11/h3-5H,6-7H2,1-2H3. The van der Waals surface area contributed by atoms with Crippen LogP contribution >= 0.6 is 0 Å². The van der Waals surface area contributed by atoms with E-state index in [1.807, 2.05) is 25.1 Å². The van der Waals surface area contributed by atoms with Gasteiger partial charge in [-0.2, -0.15) is 0 Å². The number of nitrogens with zero attached hydrogens (tertiary/aromatic N) is 3. The molecule has 1 aliphatic rings. The van der Waals surface area contributed by atoms with E-state index in [0.29, 0.717) is 12.2 Å². The number of hydrogen-bond donors (Lipinski definition) is 0. The summed E-state index contributed by atoms with van der Waals surface area (Å²) in [6.07, 6.45) is 0. The summed E-state index contributed by atoms with van der Waals surface area (Å²) in [5, 5.41) is 7.89. The molecule has 0 saturated carbocycles. The lowest BCUT2D eigenvalue weighted by atomic mass is 10.2. The van der Waals surface area contributed by atoms with Crippen molar-refractivity contribution >= 4 is 5.78 Å². The van der Waals surface area contributed by atoms with Gasteiger partial charge in [-0.15, -0.1) is 5.10 Å². The molecule has 0 atom stereocenters. The minimum absolute atomic E-state index is 0.0746. The van der Waals surface area contributed by atoms with Crippen LogP contribution in [0.4, 0.5) is 0 Å². The molecule has 0 saturated heterocycles. The molecule has 3 rings (SSSR count). The maximum atomic E-state index is 11.3. The van der Waals surface area contributed by atoms with Crippen LogP contribution in [0.2, 0.25) is 0 Å². The van der Waals surface area contributed by atoms with E-state index >= 15 is 0 Å². The van der Waals surface area contributed by atoms with Gasteiger partial charge in [0.05, 0.1) is 12.2 Å². The predicted octanol–water partition coefficient (Wildman–Crippen LogP) is 1.57. The van der Waals surface area contributed by atoms with Crippen molar-refractivity contribution in [2.45, 2.75) is 20.4 Å². The fourth-order valence-electron chi connectivity index (χ4n) is 2.05. The molecule has 0 bridgehead atoms. The van der Waals surface area contributed by atoms with Crippen LogP contribution in [0.25, 0.3) is 0 Å². The fourth-order valence-corrected chi connectivity index (χ4v) is 2.05. The number of ether oxygens (including phenoxy) is 2. The second kappa shape index (κ2) is 4.38. The highest BCUT2D eigenvalue weighted by Gasteiger charge is 2.15. The Hall–Kier alpha value is -2.37. The van der Waals surface area contributed by atoms with Crippen LogP contribution in [-0.2, 0) is 6.54 Å². The summed E-state index contributed by atoms with van der Waals surface area (Å²) >= 11 is 0. The molecule has 0 radical (unpaired) electrons. The van der Waals surface area contributed by atoms with Crippen LogP contribution in [0.3, 0.4) is 0 Å². The van der Waals surface area contributed by atoms with Gasteiger partial charge in [0.1, 0.15) is 0 Å². The van der Waals surface area contributed by atoms with E-state index in [-0.39, 0.29) is 12.6 Å². The molecular weight excluding hydrogens is 246 g/mol. The zero-order valence-electron chi connectivity index (χ0n) is 10.7. The maximum Gasteiger partial charge on any atom is 0.231 e. The normalized spacial score (nSPS) is 12.7. The number of ketones is 1. The van der Waals surface area contributed by atoms with Gasteiger partial charge in [-0.05, 0) is 24.6 Å². The zero-order valence-corrected chi connectivity index (χ0v) is 10.7. The highest BCUT2D eigenvalue weighted by molar-refractivity contribution is 5.92. The molecule has 0 N–H and O–H groups in total. The Morgan fingerprint density at radius 3 is 2.89 bits per heavy atom. The topological polar surface area (TPSA) is 66.2 Å². The third-order valence-electron chi connectivity index (χ3n) is 3.09. The first-order valence-corrected chi connectivity index (χ1v) is 5.94. The van der Waals surface area contributed by atoms with Gasteiger partial charge in [-0.3, -0.25) is 4.79 Å². The van der Waals surface area contributed by atoms with Crippen LogP contribution in [0.5, 0.6) is 11.5 Å². The molecule has 98 valence electrons. The second-order valence-electron chi connectivity index (χ2n) is 4.42. The summed E-state index contributed by atoms with van der Waals surface area (Å²) < 4.78 is 12.3. The van der Waals surface area contributed by atoms with Gasteiger partial charge < -0.3 is 9.47 Å². The average molecular weight is 259 g/mol. The van der Waals surface area contributed by atoms with Crippen molar-refractivity contribution in [3.63, 3.8) is 0 Å². The van der Waals surface area contributed by atoms with Crippen molar-refractivity contribution in [2.75, 3.05) is 6.79 Å². The number of rotatable bonds is 3. The number of benzene rings is 1. The second-order valence-corrected chi connectivity index (χ2v) is 4.42. The lowest BCUT2D eigenvalue weighted by molar-refractivity contribution is 0.101. The van der Waals surface area contributed by atoms with Crippen LogP contribution in [0.15, 0.2) is 18.2 Å². The number of carbonyl (C=O) groups excluding carboxylic acids is 1. The molecule has 19 heavy (non-hydrogen) atoms. The Morgan fingerprint density at radius 2 is 2.16 bits per heavy atom. The molecule has 0 amide bonds. The van der Waals surface area contributed by atoms with Gasteiger partial charge in [0.25, 0.3) is 0 Å². The van der Waals surface area contributed by atoms with Gasteiger partial charge in [0, 0.05) is 6.92 Å². The molecular formula is C13H13N3O3. The predicted molar refractivity (Wildman–Crippen MR) is 66.4 cm³/mol. The largest absolute Gasteiger partial charge is 0.454 e. The number of hydrogen-bond acceptors (Lipinski definition) is 5. The maximum absolute atomic E-state index is 11.3. The minimum atomic E-state index is -0.0746. The van der Waals surface area contributed by atoms with Crippen molar-refractivity contribution in [1.29, 1.82) is 0 Å². The Balaban J connectivity index is 1.87. The summed E-state index contributed by atoms with van der Waals surface area (Å²) in [6, 6.07) is 5.73. The van der Waals surface area contributed by atoms with Crippen LogP contribution in [-0.4, -0.2) is 27.6 Å². The average Bonchev–Trinajstić information content (AvgIpc) is 2.96. The summed E-state index contributed by atoms with van der Waals surface area (Å²) in [6.45, 7) is 4.13. The number of aromatic nitrogens is 3. The highest BCUT2D eigenvalue weighted by atomic mass is 16.7. The molecule has 6 nitrogen and oxygen atoms in total. The molecule has 0 aliphatic carbocycles. The van der Waals surface area contributed by atoms with E-state index in [0.717, 1.165) is 22.8 Å². The summed E-state index contributed by atoms with van der Waals surface area (Å²) in [7, 11) is 0. The molecule has 2 aromatic rings. The molecule has 0 spiro atoms. The summed E-state index contributed by atoms with van der Waals surface area (Å²) in [4.78, 5) is 11.3. The van der Waals surface area contributed by atoms with Crippen molar-refractivity contribution in [1.82, 2.24) is 15.0 Å². The van der Waals surface area contributed by atoms with Crippen LogP contribution in [0, 0.1) is 6.92 Å². The third kappa shape index (κ3) is 2.05. The molecule has 1 aliphatic heterocycles. The van der Waals surface area contributed by atoms with Crippen LogP contribution < -0.4 is 9.47 Å². The number of carbonyl (C=O) groups is 1. The summed E-state index contributed by atoms with van der Waals surface area (Å²) in [5.41, 5.74) is 2.21. The van der Waals surface area contributed by atoms with Gasteiger partial charge in [0.15, 0.2) is 23.0 Å². The molecule has 0 unspecified atom stereocenters. The first-order chi connectivity index (χ1) is 9.15. The van der Waals surface area contributed by atoms with Crippen molar-refractivity contribution in [3.05, 3.63) is 35.2 Å². The minimum Gasteiger partial charge on any atom is -0.454 e. The van der Waals surface area contributed by atoms with E-state index in [1.54, 1.807) is 4.68 Å². The fraction of sp³-hybridized carbons (Fsp3) is 0.308. The Bertz CT molecular complexity index is 649. The molecule has 2 heterocycles. The molecule has 0 fully saturated rings. The number of fused-ring (bicyclic) bond motifs is 1. The van der Waals surface area contributed by atoms with Crippen LogP contribution in [0.1, 0.15) is 28.7 Å². The van der Waals surface area contributed by atoms with Gasteiger partial charge in [-0.25, -0.2) is 4.68 Å². The quantitative estimate of drug-likeness (QED) is 0.783. The van der Waals surface area contributed by atoms with Gasteiger partial charge in [0.2, 0.25) is 6.79 Å². The Morgan fingerprint density at radius 1 is 1.37 bits per heavy atom. The zero-order chi connectivity index (χ0) is 13.4. The van der Waals surface area contributed by atoms with Gasteiger partial charge in [-0.1, -0.05) is 11.3 Å². The Kier molecular flexibility index (Phi) is 2.70. The Labute approximate surface area is 109 Å². The molecule has 6 heteroatoms. The van der Waals surface area contributed by atoms with Gasteiger partial charge >= 0.3 is 0 Å². The monoisotopic (exact) mass is 259 g/mol. The van der Waals surface area contributed by atoms with E-state index in [4.69, 9.17) is 9.47 Å². The van der Waals surface area contributed by atoms with E-state index in [2.05, 4.69) is 10.3 Å². The lowest BCUT2D eigenvalue weighted by Crippen LogP contribution is -2.05. The SMILES string of the molecule is CC(=O)c1nnn(Cc2ccc3c(c2)OCO3)c1C. The van der Waals surface area contributed by atoms with Crippen molar-refractivity contribution in [3.8, 4) is 11.5 Å². The number of Topliss-reactive ketones (excluding diaryl/α,β-unsaturated/α-hetero) is 1. The first kappa shape index (κ1) is 11.7. The lowest BCUT2D eigenvalue weighted by Gasteiger charge is -2.05. The van der Waals surface area contributed by atoms with Crippen molar-refractivity contribution in [2.24, 2.45) is 0 Å². The molecule has 1 aromatic heterocycles. The highest BCUT2D eigenvalue weighted by Crippen LogP contribution is 2.32. The first-order valence-electron chi connectivity index (χ1n) is 5.94. The van der Waals surface area contributed by atoms with E-state index in [9.17, 15) is 4.79 Å². The third-order valence-corrected chi connectivity index (χ3v) is 3.09. The summed E-state index contributed by atoms with van der Waals surface area (Å²) in [5.74, 6) is 1.42. The smallest absolute Gasteiger partial charge is 0.231 e.